The number of para-hydroxylation sites is 4. The van der Waals surface area contributed by atoms with E-state index in [0.717, 1.165) is 40.5 Å². The Morgan fingerprint density at radius 1 is 0.645 bits per heavy atom. The lowest BCUT2D eigenvalue weighted by Gasteiger charge is -2.25. The number of aryl methyl sites for hydroxylation is 1. The first-order valence-corrected chi connectivity index (χ1v) is 10.3. The van der Waals surface area contributed by atoms with Gasteiger partial charge in [-0.05, 0) is 67.6 Å². The van der Waals surface area contributed by atoms with Gasteiger partial charge in [0.15, 0.2) is 0 Å². The monoisotopic (exact) mass is 407 g/mol. The summed E-state index contributed by atoms with van der Waals surface area (Å²) < 4.78 is 2.27. The largest absolute Gasteiger partial charge is 0.412 e. The van der Waals surface area contributed by atoms with Crippen LogP contribution in [0.2, 0.25) is 0 Å². The fourth-order valence-corrected chi connectivity index (χ4v) is 3.98. The Morgan fingerprint density at radius 2 is 1.16 bits per heavy atom. The van der Waals surface area contributed by atoms with Crippen molar-refractivity contribution >= 4 is 28.1 Å². The zero-order chi connectivity index (χ0) is 20.3. The number of rotatable bonds is 5. The Bertz CT molecular complexity index is 1220. The van der Waals surface area contributed by atoms with Crippen molar-refractivity contribution in [2.45, 2.75) is 13.5 Å². The lowest BCUT2D eigenvalue weighted by molar-refractivity contribution is 0.796. The third-order valence-electron chi connectivity index (χ3n) is 5.38. The van der Waals surface area contributed by atoms with E-state index in [0.29, 0.717) is 0 Å². The molecule has 4 heteroatoms. The average Bonchev–Trinajstić information content (AvgIpc) is 3.20. The molecule has 0 atom stereocenters. The summed E-state index contributed by atoms with van der Waals surface area (Å²) >= 11 is 0. The molecule has 0 spiro atoms. The summed E-state index contributed by atoms with van der Waals surface area (Å²) in [7, 11) is 0. The van der Waals surface area contributed by atoms with Gasteiger partial charge in [0.05, 0.1) is 11.0 Å². The van der Waals surface area contributed by atoms with Gasteiger partial charge in [0.25, 0.3) is 0 Å². The molecular weight excluding hydrogens is 382 g/mol. The molecule has 0 aliphatic carbocycles. The second-order valence-corrected chi connectivity index (χ2v) is 7.22. The molecule has 1 heterocycles. The van der Waals surface area contributed by atoms with Gasteiger partial charge in [-0.25, -0.2) is 4.98 Å². The molecule has 0 radical (unpaired) electrons. The van der Waals surface area contributed by atoms with Crippen molar-refractivity contribution in [3.63, 3.8) is 0 Å². The highest BCUT2D eigenvalue weighted by atomic mass is 16.0. The van der Waals surface area contributed by atoms with Crippen molar-refractivity contribution in [2.75, 3.05) is 4.90 Å². The fraction of sp³-hybridized carbons (Fsp3) is 0.0741. The van der Waals surface area contributed by atoms with Gasteiger partial charge in [0.1, 0.15) is 5.82 Å². The maximum Gasteiger partial charge on any atom is 0.141 e. The minimum atomic E-state index is 0. The molecule has 0 fully saturated rings. The predicted molar refractivity (Wildman–Crippen MR) is 129 cm³/mol. The summed E-state index contributed by atoms with van der Waals surface area (Å²) in [5.41, 5.74) is 6.73. The first-order chi connectivity index (χ1) is 14.8. The normalized spacial score (nSPS) is 10.6. The minimum Gasteiger partial charge on any atom is -0.412 e. The van der Waals surface area contributed by atoms with Gasteiger partial charge in [-0.2, -0.15) is 0 Å². The van der Waals surface area contributed by atoms with Crippen LogP contribution in [0.5, 0.6) is 0 Å². The van der Waals surface area contributed by atoms with Crippen molar-refractivity contribution in [3.05, 3.63) is 109 Å². The molecule has 4 aromatic carbocycles. The second kappa shape index (κ2) is 8.86. The van der Waals surface area contributed by atoms with Crippen LogP contribution in [0, 0.1) is 0 Å². The zero-order valence-corrected chi connectivity index (χ0v) is 17.4. The Balaban J connectivity index is 0.00000231. The average molecular weight is 408 g/mol. The number of fused-ring (bicyclic) bond motifs is 1. The number of nitrogens with zero attached hydrogens (tertiary/aromatic N) is 3. The Kier molecular flexibility index (Phi) is 5.83. The van der Waals surface area contributed by atoms with E-state index in [4.69, 9.17) is 4.98 Å². The molecule has 154 valence electrons. The van der Waals surface area contributed by atoms with Gasteiger partial charge in [0.2, 0.25) is 0 Å². The molecule has 0 bridgehead atoms. The van der Waals surface area contributed by atoms with E-state index in [1.165, 1.54) is 5.52 Å². The van der Waals surface area contributed by atoms with Crippen LogP contribution in [-0.2, 0) is 6.54 Å². The molecule has 31 heavy (non-hydrogen) atoms. The topological polar surface area (TPSA) is 52.6 Å². The van der Waals surface area contributed by atoms with E-state index in [9.17, 15) is 0 Å². The van der Waals surface area contributed by atoms with Gasteiger partial charge < -0.3 is 14.9 Å². The van der Waals surface area contributed by atoms with Gasteiger partial charge in [-0.3, -0.25) is 0 Å². The molecule has 0 aliphatic rings. The molecule has 5 aromatic rings. The summed E-state index contributed by atoms with van der Waals surface area (Å²) in [4.78, 5) is 7.16. The number of benzene rings is 4. The smallest absolute Gasteiger partial charge is 0.141 e. The van der Waals surface area contributed by atoms with Gasteiger partial charge in [0, 0.05) is 29.2 Å². The van der Waals surface area contributed by atoms with Crippen LogP contribution < -0.4 is 4.90 Å². The van der Waals surface area contributed by atoms with Crippen molar-refractivity contribution < 1.29 is 5.48 Å². The van der Waals surface area contributed by atoms with Gasteiger partial charge >= 0.3 is 0 Å². The van der Waals surface area contributed by atoms with Crippen molar-refractivity contribution in [1.29, 1.82) is 0 Å². The Morgan fingerprint density at radius 3 is 1.74 bits per heavy atom. The van der Waals surface area contributed by atoms with E-state index in [1.807, 2.05) is 18.2 Å². The first kappa shape index (κ1) is 20.4. The predicted octanol–water partition coefficient (Wildman–Crippen LogP) is 6.37. The molecule has 0 saturated carbocycles. The standard InChI is InChI=1S/C27H23N3.H2O/c1-2-29-26-16-10-9-15-25(26)28-27(29)21-17-19-24(20-18-21)30(22-11-5-3-6-12-22)23-13-7-4-8-14-23;/h3-20H,2H2,1H3;1H2. The highest BCUT2D eigenvalue weighted by Crippen LogP contribution is 2.35. The van der Waals surface area contributed by atoms with Gasteiger partial charge in [-0.15, -0.1) is 0 Å². The number of anilines is 3. The molecule has 5 rings (SSSR count). The Hall–Kier alpha value is -3.89. The summed E-state index contributed by atoms with van der Waals surface area (Å²) in [5, 5.41) is 0. The highest BCUT2D eigenvalue weighted by Gasteiger charge is 2.14. The van der Waals surface area contributed by atoms with E-state index < -0.39 is 0 Å². The fourth-order valence-electron chi connectivity index (χ4n) is 3.98. The first-order valence-electron chi connectivity index (χ1n) is 10.3. The number of hydrogen-bond acceptors (Lipinski definition) is 2. The van der Waals surface area contributed by atoms with Crippen LogP contribution in [0.4, 0.5) is 17.1 Å². The SMILES string of the molecule is CCn1c(-c2ccc(N(c3ccccc3)c3ccccc3)cc2)nc2ccccc21.O. The van der Waals surface area contributed by atoms with Crippen molar-refractivity contribution in [2.24, 2.45) is 0 Å². The molecule has 4 nitrogen and oxygen atoms in total. The van der Waals surface area contributed by atoms with Crippen LogP contribution >= 0.6 is 0 Å². The summed E-state index contributed by atoms with van der Waals surface area (Å²) in [6, 6.07) is 37.9. The quantitative estimate of drug-likeness (QED) is 0.340. The van der Waals surface area contributed by atoms with Crippen molar-refractivity contribution in [1.82, 2.24) is 9.55 Å². The van der Waals surface area contributed by atoms with E-state index >= 15 is 0 Å². The van der Waals surface area contributed by atoms with Crippen molar-refractivity contribution in [3.8, 4) is 11.4 Å². The third-order valence-corrected chi connectivity index (χ3v) is 5.38. The number of hydrogen-bond donors (Lipinski definition) is 0. The van der Waals surface area contributed by atoms with Crippen LogP contribution in [0.1, 0.15) is 6.92 Å². The molecule has 0 unspecified atom stereocenters. The summed E-state index contributed by atoms with van der Waals surface area (Å²) in [6.45, 7) is 3.05. The minimum absolute atomic E-state index is 0. The molecule has 2 N–H and O–H groups in total. The van der Waals surface area contributed by atoms with Crippen LogP contribution in [0.15, 0.2) is 109 Å². The molecule has 0 amide bonds. The van der Waals surface area contributed by atoms with E-state index in [1.54, 1.807) is 0 Å². The van der Waals surface area contributed by atoms with E-state index in [-0.39, 0.29) is 5.48 Å². The van der Waals surface area contributed by atoms with E-state index in [2.05, 4.69) is 107 Å². The molecule has 1 aromatic heterocycles. The molecular formula is C27H25N3O. The van der Waals surface area contributed by atoms with Crippen LogP contribution in [0.25, 0.3) is 22.4 Å². The number of imidazole rings is 1. The lowest BCUT2D eigenvalue weighted by Crippen LogP contribution is -2.09. The maximum absolute atomic E-state index is 4.89. The Labute approximate surface area is 182 Å². The van der Waals surface area contributed by atoms with Gasteiger partial charge in [-0.1, -0.05) is 48.5 Å². The maximum atomic E-state index is 4.89. The molecule has 0 aliphatic heterocycles. The zero-order valence-electron chi connectivity index (χ0n) is 17.4. The number of aromatic nitrogens is 2. The summed E-state index contributed by atoms with van der Waals surface area (Å²) in [5.74, 6) is 1.01. The lowest BCUT2D eigenvalue weighted by atomic mass is 10.1. The molecule has 0 saturated heterocycles. The van der Waals surface area contributed by atoms with Crippen LogP contribution in [-0.4, -0.2) is 15.0 Å². The highest BCUT2D eigenvalue weighted by molar-refractivity contribution is 5.82. The van der Waals surface area contributed by atoms with Crippen LogP contribution in [0.3, 0.4) is 0 Å². The third kappa shape index (κ3) is 3.81. The summed E-state index contributed by atoms with van der Waals surface area (Å²) in [6.07, 6.45) is 0. The second-order valence-electron chi connectivity index (χ2n) is 7.22.